The van der Waals surface area contributed by atoms with Crippen LogP contribution >= 0.6 is 11.3 Å². The van der Waals surface area contributed by atoms with Crippen molar-refractivity contribution in [1.82, 2.24) is 4.90 Å². The van der Waals surface area contributed by atoms with Crippen molar-refractivity contribution in [2.24, 2.45) is 0 Å². The van der Waals surface area contributed by atoms with Crippen LogP contribution < -0.4 is 14.8 Å². The molecule has 0 aliphatic carbocycles. The molecule has 2 aromatic rings. The van der Waals surface area contributed by atoms with Gasteiger partial charge < -0.3 is 24.8 Å². The zero-order chi connectivity index (χ0) is 21.6. The molecule has 9 nitrogen and oxygen atoms in total. The summed E-state index contributed by atoms with van der Waals surface area (Å²) in [4.78, 5) is 25.7. The highest BCUT2D eigenvalue weighted by atomic mass is 32.2. The van der Waals surface area contributed by atoms with Crippen LogP contribution in [0.5, 0.6) is 11.5 Å². The average Bonchev–Trinajstić information content (AvgIpc) is 3.18. The van der Waals surface area contributed by atoms with Crippen LogP contribution in [0.25, 0.3) is 0 Å². The van der Waals surface area contributed by atoms with Crippen molar-refractivity contribution in [2.45, 2.75) is 19.2 Å². The molecule has 2 aliphatic rings. The Labute approximate surface area is 177 Å². The largest absolute Gasteiger partial charge is 0.486 e. The van der Waals surface area contributed by atoms with Gasteiger partial charge in [0.25, 0.3) is 5.91 Å². The predicted octanol–water partition coefficient (Wildman–Crippen LogP) is 1.71. The van der Waals surface area contributed by atoms with Crippen molar-refractivity contribution in [3.8, 4) is 11.5 Å². The van der Waals surface area contributed by atoms with E-state index in [0.717, 1.165) is 22.5 Å². The molecule has 1 aromatic carbocycles. The number of aliphatic hydroxyl groups excluding tert-OH is 1. The van der Waals surface area contributed by atoms with E-state index >= 15 is 0 Å². The zero-order valence-electron chi connectivity index (χ0n) is 16.2. The van der Waals surface area contributed by atoms with Crippen LogP contribution in [-0.2, 0) is 14.6 Å². The Kier molecular flexibility index (Phi) is 5.20. The Balaban J connectivity index is 1.76. The van der Waals surface area contributed by atoms with Gasteiger partial charge in [-0.05, 0) is 17.7 Å². The number of carbonyl (C=O) groups excluding carboxylic acids is 2. The molecular formula is C19H20N2O7S2. The Bertz CT molecular complexity index is 1130. The number of aliphatic hydroxyl groups is 1. The van der Waals surface area contributed by atoms with Gasteiger partial charge in [0, 0.05) is 24.1 Å². The molecule has 30 heavy (non-hydrogen) atoms. The molecule has 0 spiro atoms. The summed E-state index contributed by atoms with van der Waals surface area (Å²) in [5.74, 6) is -0.251. The number of hydrogen-bond acceptors (Lipinski definition) is 8. The Morgan fingerprint density at radius 3 is 2.70 bits per heavy atom. The monoisotopic (exact) mass is 452 g/mol. The quantitative estimate of drug-likeness (QED) is 0.708. The van der Waals surface area contributed by atoms with Gasteiger partial charge in [0.15, 0.2) is 17.7 Å². The van der Waals surface area contributed by atoms with Crippen LogP contribution in [0.15, 0.2) is 23.6 Å². The fourth-order valence-electron chi connectivity index (χ4n) is 3.64. The van der Waals surface area contributed by atoms with Gasteiger partial charge in [-0.2, -0.15) is 0 Å². The third-order valence-electron chi connectivity index (χ3n) is 4.85. The molecule has 0 saturated heterocycles. The van der Waals surface area contributed by atoms with Gasteiger partial charge in [0.2, 0.25) is 5.91 Å². The van der Waals surface area contributed by atoms with Crippen LogP contribution in [0, 0.1) is 0 Å². The summed E-state index contributed by atoms with van der Waals surface area (Å²) < 4.78 is 35.4. The lowest BCUT2D eigenvalue weighted by atomic mass is 10.1. The molecule has 160 valence electrons. The number of benzene rings is 1. The lowest BCUT2D eigenvalue weighted by molar-refractivity contribution is -0.114. The molecule has 0 fully saturated rings. The fraction of sp³-hybridized carbons (Fsp3) is 0.368. The molecule has 2 atom stereocenters. The summed E-state index contributed by atoms with van der Waals surface area (Å²) in [6, 6.07) is 3.99. The first-order valence-corrected chi connectivity index (χ1v) is 12.1. The fourth-order valence-corrected chi connectivity index (χ4v) is 5.57. The molecule has 2 aliphatic heterocycles. The van der Waals surface area contributed by atoms with Crippen molar-refractivity contribution >= 4 is 38.0 Å². The number of rotatable bonds is 5. The van der Waals surface area contributed by atoms with E-state index in [1.54, 1.807) is 23.6 Å². The first kappa shape index (κ1) is 20.6. The Hall–Kier alpha value is -2.63. The summed E-state index contributed by atoms with van der Waals surface area (Å²) in [5, 5.41) is 15.5. The van der Waals surface area contributed by atoms with Gasteiger partial charge in [-0.3, -0.25) is 9.59 Å². The molecule has 0 radical (unpaired) electrons. The van der Waals surface area contributed by atoms with Gasteiger partial charge in [-0.1, -0.05) is 6.07 Å². The number of sulfone groups is 1. The second kappa shape index (κ2) is 7.56. The number of anilines is 1. The van der Waals surface area contributed by atoms with E-state index in [4.69, 9.17) is 9.47 Å². The summed E-state index contributed by atoms with van der Waals surface area (Å²) in [6.07, 6.45) is -0.330. The number of carbonyl (C=O) groups is 2. The number of fused-ring (bicyclic) bond motifs is 2. The summed E-state index contributed by atoms with van der Waals surface area (Å²) in [6.45, 7) is 2.10. The molecular weight excluding hydrogens is 432 g/mol. The number of nitrogens with one attached hydrogen (secondary N) is 1. The normalized spacial score (nSPS) is 18.8. The minimum Gasteiger partial charge on any atom is -0.486 e. The summed E-state index contributed by atoms with van der Waals surface area (Å²) in [7, 11) is -3.52. The van der Waals surface area contributed by atoms with Crippen molar-refractivity contribution in [3.05, 3.63) is 40.3 Å². The second-order valence-corrected chi connectivity index (χ2v) is 10.2. The standard InChI is InChI=1S/C19H20N2O7S2/c1-10(22)20-17-16-12(8-29-17)18(23)21(19(16)24)13(9-30(2,25)26)11-3-4-14-15(7-11)28-6-5-27-14/h3-4,7-8,13,19,24H,5-6,9H2,1-2H3,(H,20,22)/t13-,19?/m0/s1. The molecule has 0 saturated carbocycles. The van der Waals surface area contributed by atoms with Crippen LogP contribution in [0.3, 0.4) is 0 Å². The highest BCUT2D eigenvalue weighted by Crippen LogP contribution is 2.46. The maximum Gasteiger partial charge on any atom is 0.258 e. The van der Waals surface area contributed by atoms with E-state index in [2.05, 4.69) is 5.32 Å². The van der Waals surface area contributed by atoms with E-state index in [0.29, 0.717) is 35.3 Å². The Morgan fingerprint density at radius 2 is 2.03 bits per heavy atom. The zero-order valence-corrected chi connectivity index (χ0v) is 17.9. The smallest absolute Gasteiger partial charge is 0.258 e. The third kappa shape index (κ3) is 3.75. The highest BCUT2D eigenvalue weighted by Gasteiger charge is 2.44. The van der Waals surface area contributed by atoms with Crippen LogP contribution in [0.4, 0.5) is 5.00 Å². The number of hydrogen-bond donors (Lipinski definition) is 2. The van der Waals surface area contributed by atoms with E-state index in [1.807, 2.05) is 0 Å². The first-order valence-electron chi connectivity index (χ1n) is 9.12. The predicted molar refractivity (Wildman–Crippen MR) is 110 cm³/mol. The average molecular weight is 453 g/mol. The molecule has 2 N–H and O–H groups in total. The lowest BCUT2D eigenvalue weighted by Crippen LogP contribution is -2.36. The van der Waals surface area contributed by atoms with Gasteiger partial charge >= 0.3 is 0 Å². The molecule has 2 amide bonds. The van der Waals surface area contributed by atoms with Gasteiger partial charge in [0.05, 0.1) is 17.4 Å². The summed E-state index contributed by atoms with van der Waals surface area (Å²) in [5.41, 5.74) is 1.01. The molecule has 3 heterocycles. The van der Waals surface area contributed by atoms with Gasteiger partial charge in [-0.25, -0.2) is 8.42 Å². The van der Waals surface area contributed by atoms with Crippen LogP contribution in [0.2, 0.25) is 0 Å². The Morgan fingerprint density at radius 1 is 1.33 bits per heavy atom. The lowest BCUT2D eigenvalue weighted by Gasteiger charge is -2.32. The minimum absolute atomic E-state index is 0.243. The number of nitrogens with zero attached hydrogens (tertiary/aromatic N) is 1. The molecule has 11 heteroatoms. The minimum atomic E-state index is -3.52. The SMILES string of the molecule is CC(=O)Nc1scc2c1C(O)N([C@@H](CS(C)(=O)=O)c1ccc3c(c1)OCCO3)C2=O. The van der Waals surface area contributed by atoms with Crippen molar-refractivity contribution in [1.29, 1.82) is 0 Å². The van der Waals surface area contributed by atoms with E-state index in [-0.39, 0.29) is 17.0 Å². The van der Waals surface area contributed by atoms with Crippen molar-refractivity contribution < 1.29 is 32.6 Å². The van der Waals surface area contributed by atoms with E-state index in [9.17, 15) is 23.1 Å². The highest BCUT2D eigenvalue weighted by molar-refractivity contribution is 7.90. The number of ether oxygens (including phenoxy) is 2. The molecule has 1 unspecified atom stereocenters. The van der Waals surface area contributed by atoms with Crippen LogP contribution in [-0.4, -0.2) is 55.5 Å². The van der Waals surface area contributed by atoms with Gasteiger partial charge in [-0.15, -0.1) is 11.3 Å². The topological polar surface area (TPSA) is 122 Å². The second-order valence-electron chi connectivity index (χ2n) is 7.17. The number of thiophene rings is 1. The van der Waals surface area contributed by atoms with Gasteiger partial charge in [0.1, 0.15) is 28.1 Å². The maximum absolute atomic E-state index is 13.1. The van der Waals surface area contributed by atoms with Crippen LogP contribution in [0.1, 0.15) is 40.7 Å². The first-order chi connectivity index (χ1) is 14.2. The molecule has 4 rings (SSSR count). The van der Waals surface area contributed by atoms with E-state index < -0.39 is 33.8 Å². The third-order valence-corrected chi connectivity index (χ3v) is 6.69. The molecule has 0 bridgehead atoms. The van der Waals surface area contributed by atoms with E-state index in [1.165, 1.54) is 6.92 Å². The maximum atomic E-state index is 13.1. The van der Waals surface area contributed by atoms with Crippen molar-refractivity contribution in [2.75, 3.05) is 30.5 Å². The molecule has 1 aromatic heterocycles. The van der Waals surface area contributed by atoms with Crippen molar-refractivity contribution in [3.63, 3.8) is 0 Å². The summed E-state index contributed by atoms with van der Waals surface area (Å²) >= 11 is 1.13. The number of amides is 2.